The molecule has 0 heterocycles. The number of esters is 2. The molecule has 0 aliphatic heterocycles. The van der Waals surface area contributed by atoms with E-state index in [0.29, 0.717) is 23.5 Å². The van der Waals surface area contributed by atoms with E-state index in [-0.39, 0.29) is 22.1 Å². The maximum atomic E-state index is 12.7. The van der Waals surface area contributed by atoms with Crippen LogP contribution in [0.25, 0.3) is 0 Å². The van der Waals surface area contributed by atoms with Gasteiger partial charge in [0.05, 0.1) is 34.4 Å². The van der Waals surface area contributed by atoms with Gasteiger partial charge in [-0.15, -0.1) is 0 Å². The number of nitriles is 1. The second-order valence-electron chi connectivity index (χ2n) is 14.9. The Hall–Kier alpha value is -3.25. The van der Waals surface area contributed by atoms with Crippen molar-refractivity contribution in [3.63, 3.8) is 0 Å². The van der Waals surface area contributed by atoms with Crippen LogP contribution in [0.2, 0.25) is 56.9 Å². The van der Waals surface area contributed by atoms with Gasteiger partial charge in [0.1, 0.15) is 17.2 Å². The molecule has 3 aromatic rings. The van der Waals surface area contributed by atoms with Gasteiger partial charge in [-0.1, -0.05) is 63.0 Å². The molecule has 8 nitrogen and oxygen atoms in total. The number of benzene rings is 3. The predicted octanol–water partition coefficient (Wildman–Crippen LogP) is 11.3. The maximum Gasteiger partial charge on any atom is 0.345 e. The summed E-state index contributed by atoms with van der Waals surface area (Å²) in [4.78, 5) is 25.3. The first-order chi connectivity index (χ1) is 24.1. The minimum Gasteiger partial charge on any atom is -0.494 e. The van der Waals surface area contributed by atoms with Crippen LogP contribution < -0.4 is 14.2 Å². The summed E-state index contributed by atoms with van der Waals surface area (Å²) >= 11 is 6.29. The van der Waals surface area contributed by atoms with Crippen molar-refractivity contribution >= 4 is 48.7 Å². The highest BCUT2D eigenvalue weighted by molar-refractivity contribution is 6.87. The Labute approximate surface area is 312 Å². The first-order valence-electron chi connectivity index (χ1n) is 17.9. The van der Waals surface area contributed by atoms with Crippen LogP contribution in [0.1, 0.15) is 84.1 Å². The van der Waals surface area contributed by atoms with Gasteiger partial charge < -0.3 is 22.4 Å². The molecule has 51 heavy (non-hydrogen) atoms. The summed E-state index contributed by atoms with van der Waals surface area (Å²) < 4.78 is 29.9. The molecule has 3 rings (SSSR count). The van der Waals surface area contributed by atoms with Gasteiger partial charge in [0, 0.05) is 6.07 Å². The predicted molar refractivity (Wildman–Crippen MR) is 211 cm³/mol. The fourth-order valence-electron chi connectivity index (χ4n) is 5.73. The van der Waals surface area contributed by atoms with Crippen LogP contribution in [0.3, 0.4) is 0 Å². The molecule has 276 valence electrons. The summed E-state index contributed by atoms with van der Waals surface area (Å²) in [5, 5.41) is 8.99. The highest BCUT2D eigenvalue weighted by atomic mass is 35.5. The molecular formula is C39H54ClNO7Si3. The minimum absolute atomic E-state index is 0.0783. The summed E-state index contributed by atoms with van der Waals surface area (Å²) in [6, 6.07) is 20.4. The van der Waals surface area contributed by atoms with Crippen LogP contribution in [0.4, 0.5) is 0 Å². The summed E-state index contributed by atoms with van der Waals surface area (Å²) in [6.07, 6.45) is 10.8. The van der Waals surface area contributed by atoms with Crippen LogP contribution in [-0.2, 0) is 8.23 Å². The third kappa shape index (κ3) is 16.3. The second kappa shape index (κ2) is 20.1. The number of carbonyl (C=O) groups is 2. The molecule has 0 aliphatic rings. The van der Waals surface area contributed by atoms with E-state index in [9.17, 15) is 9.59 Å². The molecule has 0 aliphatic carbocycles. The zero-order valence-electron chi connectivity index (χ0n) is 31.3. The molecular weight excluding hydrogens is 714 g/mol. The number of nitrogens with zero attached hydrogens (tertiary/aromatic N) is 1. The van der Waals surface area contributed by atoms with Crippen LogP contribution in [-0.4, -0.2) is 43.7 Å². The zero-order chi connectivity index (χ0) is 37.5. The summed E-state index contributed by atoms with van der Waals surface area (Å²) in [5.74, 6) is -0.0538. The van der Waals surface area contributed by atoms with Crippen molar-refractivity contribution in [1.82, 2.24) is 0 Å². The summed E-state index contributed by atoms with van der Waals surface area (Å²) in [5.41, 5.74) is 0.927. The largest absolute Gasteiger partial charge is 0.494 e. The van der Waals surface area contributed by atoms with E-state index >= 15 is 0 Å². The van der Waals surface area contributed by atoms with Crippen molar-refractivity contribution in [2.45, 2.75) is 110 Å². The molecule has 0 amide bonds. The van der Waals surface area contributed by atoms with Crippen molar-refractivity contribution in [1.29, 1.82) is 5.26 Å². The summed E-state index contributed by atoms with van der Waals surface area (Å²) in [7, 11) is -5.37. The summed E-state index contributed by atoms with van der Waals surface area (Å²) in [6.45, 7) is 16.5. The van der Waals surface area contributed by atoms with Gasteiger partial charge in [-0.25, -0.2) is 9.59 Å². The van der Waals surface area contributed by atoms with Gasteiger partial charge in [0.25, 0.3) is 0 Å². The van der Waals surface area contributed by atoms with Crippen LogP contribution in [0.15, 0.2) is 66.7 Å². The number of rotatable bonds is 21. The zero-order valence-corrected chi connectivity index (χ0v) is 35.1. The standard InChI is InChI=1S/C39H54ClNO7Si3/c1-49(2,3)47-51(7,48-50(4,5)6)28-16-14-12-10-8-9-11-13-15-27-44-33-23-19-32(20-24-33)38(42)46-35-25-26-36(37(40)29-35)39(43)45-34-21-17-31(30-41)18-22-34/h17-26,29H,8-16,27-28H2,1-7H3. The van der Waals surface area contributed by atoms with Crippen molar-refractivity contribution in [2.75, 3.05) is 6.61 Å². The molecule has 0 radical (unpaired) electrons. The minimum atomic E-state index is -2.11. The molecule has 0 saturated carbocycles. The lowest BCUT2D eigenvalue weighted by Crippen LogP contribution is -2.52. The fourth-order valence-corrected chi connectivity index (χ4v) is 18.6. The van der Waals surface area contributed by atoms with E-state index < -0.39 is 37.1 Å². The highest BCUT2D eigenvalue weighted by Gasteiger charge is 2.39. The Morgan fingerprint density at radius 3 is 1.65 bits per heavy atom. The fraction of sp³-hybridized carbons (Fsp3) is 0.462. The van der Waals surface area contributed by atoms with Crippen LogP contribution >= 0.6 is 11.6 Å². The Morgan fingerprint density at radius 1 is 0.627 bits per heavy atom. The molecule has 0 fully saturated rings. The van der Waals surface area contributed by atoms with Gasteiger partial charge in [-0.2, -0.15) is 5.26 Å². The Balaban J connectivity index is 1.28. The molecule has 0 bridgehead atoms. The number of unbranched alkanes of at least 4 members (excludes halogenated alkanes) is 8. The van der Waals surface area contributed by atoms with Crippen molar-refractivity contribution in [3.8, 4) is 23.3 Å². The van der Waals surface area contributed by atoms with Crippen molar-refractivity contribution in [3.05, 3.63) is 88.4 Å². The van der Waals surface area contributed by atoms with Gasteiger partial charge >= 0.3 is 20.5 Å². The van der Waals surface area contributed by atoms with Gasteiger partial charge in [0.2, 0.25) is 0 Å². The van der Waals surface area contributed by atoms with Crippen molar-refractivity contribution < 1.29 is 32.0 Å². The Bertz CT molecular complexity index is 1580. The third-order valence-corrected chi connectivity index (χ3v) is 17.7. The molecule has 0 atom stereocenters. The molecule has 0 aromatic heterocycles. The van der Waals surface area contributed by atoms with Crippen LogP contribution in [0, 0.1) is 11.3 Å². The number of ether oxygens (including phenoxy) is 3. The highest BCUT2D eigenvalue weighted by Crippen LogP contribution is 2.28. The van der Waals surface area contributed by atoms with Crippen LogP contribution in [0.5, 0.6) is 17.2 Å². The van der Waals surface area contributed by atoms with E-state index in [4.69, 9.17) is 39.3 Å². The average molecular weight is 769 g/mol. The smallest absolute Gasteiger partial charge is 0.345 e. The van der Waals surface area contributed by atoms with E-state index in [1.807, 2.05) is 6.07 Å². The average Bonchev–Trinajstić information content (AvgIpc) is 3.04. The van der Waals surface area contributed by atoms with Crippen molar-refractivity contribution in [2.24, 2.45) is 0 Å². The number of carbonyl (C=O) groups excluding carboxylic acids is 2. The third-order valence-electron chi connectivity index (χ3n) is 7.74. The van der Waals surface area contributed by atoms with Gasteiger partial charge in [-0.05, 0) is 119 Å². The SMILES string of the molecule is C[Si](C)(C)O[Si](C)(CCCCCCCCCCCOc1ccc(C(=O)Oc2ccc(C(=O)Oc3ccc(C#N)cc3)c(Cl)c2)cc1)O[Si](C)(C)C. The normalized spacial score (nSPS) is 11.9. The first-order valence-corrected chi connectivity index (χ1v) is 27.6. The van der Waals surface area contributed by atoms with Gasteiger partial charge in [0.15, 0.2) is 16.6 Å². The topological polar surface area (TPSA) is 104 Å². The molecule has 0 saturated heterocycles. The molecule has 3 aromatic carbocycles. The Morgan fingerprint density at radius 2 is 1.12 bits per heavy atom. The van der Waals surface area contributed by atoms with E-state index in [0.717, 1.165) is 18.9 Å². The molecule has 12 heteroatoms. The lowest BCUT2D eigenvalue weighted by Gasteiger charge is -2.38. The second-order valence-corrected chi connectivity index (χ2v) is 28.2. The monoisotopic (exact) mass is 767 g/mol. The van der Waals surface area contributed by atoms with E-state index in [1.54, 1.807) is 36.4 Å². The lowest BCUT2D eigenvalue weighted by molar-refractivity contribution is 0.0730. The molecule has 0 spiro atoms. The quantitative estimate of drug-likeness (QED) is 0.0457. The van der Waals surface area contributed by atoms with Gasteiger partial charge in [-0.3, -0.25) is 0 Å². The number of halogens is 1. The number of hydrogen-bond donors (Lipinski definition) is 0. The first kappa shape index (κ1) is 42.2. The maximum absolute atomic E-state index is 12.7. The molecule has 0 unspecified atom stereocenters. The van der Waals surface area contributed by atoms with E-state index in [1.165, 1.54) is 75.3 Å². The lowest BCUT2D eigenvalue weighted by atomic mass is 10.1. The molecule has 0 N–H and O–H groups in total. The van der Waals surface area contributed by atoms with E-state index in [2.05, 4.69) is 45.8 Å². The Kier molecular flexibility index (Phi) is 16.6. The number of hydrogen-bond acceptors (Lipinski definition) is 8.